The average molecular weight is 289 g/mol. The highest BCUT2D eigenvalue weighted by atomic mass is 32.1. The first kappa shape index (κ1) is 14.4. The van der Waals surface area contributed by atoms with Crippen LogP contribution in [0.1, 0.15) is 9.67 Å². The van der Waals surface area contributed by atoms with E-state index in [1.54, 1.807) is 17.5 Å². The molecule has 1 aliphatic heterocycles. The van der Waals surface area contributed by atoms with Crippen molar-refractivity contribution in [3.63, 3.8) is 0 Å². The number of thiophene rings is 1. The minimum Gasteiger partial charge on any atom is -0.394 e. The molecule has 5 atom stereocenters. The van der Waals surface area contributed by atoms with Gasteiger partial charge < -0.3 is 30.5 Å². The van der Waals surface area contributed by atoms with Gasteiger partial charge in [-0.05, 0) is 11.4 Å². The van der Waals surface area contributed by atoms with Crippen LogP contribution in [0.3, 0.4) is 0 Å². The maximum atomic E-state index is 11.8. The first-order chi connectivity index (χ1) is 9.04. The molecular weight excluding hydrogens is 274 g/mol. The highest BCUT2D eigenvalue weighted by molar-refractivity contribution is 7.12. The molecule has 5 N–H and O–H groups in total. The van der Waals surface area contributed by atoms with Crippen LogP contribution >= 0.6 is 11.3 Å². The minimum absolute atomic E-state index is 0.428. The summed E-state index contributed by atoms with van der Waals surface area (Å²) in [5, 5.41) is 42.0. The normalized spacial score (nSPS) is 35.1. The predicted molar refractivity (Wildman–Crippen MR) is 65.6 cm³/mol. The molecule has 0 aromatic carbocycles. The van der Waals surface area contributed by atoms with E-state index in [9.17, 15) is 20.1 Å². The molecule has 7 nitrogen and oxygen atoms in total. The highest BCUT2D eigenvalue weighted by Gasteiger charge is 2.44. The van der Waals surface area contributed by atoms with Gasteiger partial charge in [0, 0.05) is 0 Å². The number of carbonyl (C=O) groups excluding carboxylic acids is 1. The van der Waals surface area contributed by atoms with Gasteiger partial charge in [0.1, 0.15) is 24.4 Å². The van der Waals surface area contributed by atoms with Crippen LogP contribution in [0.15, 0.2) is 17.5 Å². The van der Waals surface area contributed by atoms with Crippen LogP contribution < -0.4 is 5.32 Å². The van der Waals surface area contributed by atoms with Gasteiger partial charge in [-0.3, -0.25) is 4.79 Å². The number of hydrogen-bond acceptors (Lipinski definition) is 7. The predicted octanol–water partition coefficient (Wildman–Crippen LogP) is -1.72. The molecular formula is C11H15NO6S. The molecule has 1 fully saturated rings. The van der Waals surface area contributed by atoms with E-state index >= 15 is 0 Å². The van der Waals surface area contributed by atoms with Crippen molar-refractivity contribution >= 4 is 17.2 Å². The van der Waals surface area contributed by atoms with Crippen molar-refractivity contribution in [1.82, 2.24) is 5.32 Å². The van der Waals surface area contributed by atoms with E-state index in [1.165, 1.54) is 11.3 Å². The molecule has 0 bridgehead atoms. The van der Waals surface area contributed by atoms with Gasteiger partial charge in [-0.2, -0.15) is 0 Å². The molecule has 19 heavy (non-hydrogen) atoms. The third-order valence-corrected chi connectivity index (χ3v) is 3.78. The molecule has 0 saturated carbocycles. The summed E-state index contributed by atoms with van der Waals surface area (Å²) in [6.45, 7) is -0.531. The summed E-state index contributed by atoms with van der Waals surface area (Å²) >= 11 is 1.22. The first-order valence-electron chi connectivity index (χ1n) is 5.69. The van der Waals surface area contributed by atoms with E-state index < -0.39 is 43.2 Å². The Bertz CT molecular complexity index is 423. The number of amides is 1. The number of aliphatic hydroxyl groups is 4. The van der Waals surface area contributed by atoms with E-state index in [-0.39, 0.29) is 0 Å². The van der Waals surface area contributed by atoms with Crippen molar-refractivity contribution in [2.45, 2.75) is 30.6 Å². The molecule has 0 radical (unpaired) electrons. The van der Waals surface area contributed by atoms with Crippen molar-refractivity contribution in [2.75, 3.05) is 6.61 Å². The van der Waals surface area contributed by atoms with E-state index in [0.29, 0.717) is 4.88 Å². The lowest BCUT2D eigenvalue weighted by atomic mass is 9.98. The van der Waals surface area contributed by atoms with Gasteiger partial charge in [0.25, 0.3) is 5.91 Å². The van der Waals surface area contributed by atoms with Crippen molar-refractivity contribution < 1.29 is 30.0 Å². The Balaban J connectivity index is 2.05. The van der Waals surface area contributed by atoms with Gasteiger partial charge in [0.05, 0.1) is 11.5 Å². The molecule has 2 rings (SSSR count). The van der Waals surface area contributed by atoms with Crippen molar-refractivity contribution in [3.8, 4) is 0 Å². The maximum absolute atomic E-state index is 11.8. The van der Waals surface area contributed by atoms with Gasteiger partial charge in [-0.25, -0.2) is 0 Å². The average Bonchev–Trinajstić information content (AvgIpc) is 2.93. The van der Waals surface area contributed by atoms with E-state index in [1.807, 2.05) is 0 Å². The van der Waals surface area contributed by atoms with Gasteiger partial charge in [-0.1, -0.05) is 6.07 Å². The molecule has 1 saturated heterocycles. The lowest BCUT2D eigenvalue weighted by Gasteiger charge is -2.40. The van der Waals surface area contributed by atoms with Gasteiger partial charge in [0.15, 0.2) is 6.23 Å². The molecule has 106 valence electrons. The Morgan fingerprint density at radius 1 is 1.32 bits per heavy atom. The number of carbonyl (C=O) groups is 1. The molecule has 1 aliphatic rings. The lowest BCUT2D eigenvalue weighted by Crippen LogP contribution is -2.63. The molecule has 0 unspecified atom stereocenters. The number of nitrogens with one attached hydrogen (secondary N) is 1. The van der Waals surface area contributed by atoms with Crippen LogP contribution in [0.5, 0.6) is 0 Å². The standard InChI is InChI=1S/C11H15NO6S/c13-4-5-7(14)8(15)9(16)11(18-5)12-10(17)6-2-1-3-19-6/h1-3,5,7-9,11,13-16H,4H2,(H,12,17)/t5-,7-,8+,9+,11-/m1/s1. The number of rotatable bonds is 3. The SMILES string of the molecule is O=C(N[C@@H]1O[C@H](CO)[C@@H](O)[C@H](O)[C@@H]1O)c1cccs1. The first-order valence-corrected chi connectivity index (χ1v) is 6.57. The third kappa shape index (κ3) is 2.94. The van der Waals surface area contributed by atoms with Crippen molar-refractivity contribution in [2.24, 2.45) is 0 Å². The Labute approximate surface area is 113 Å². The zero-order valence-electron chi connectivity index (χ0n) is 9.84. The summed E-state index contributed by atoms with van der Waals surface area (Å²) in [6.07, 6.45) is -6.63. The van der Waals surface area contributed by atoms with Gasteiger partial charge in [0.2, 0.25) is 0 Å². The van der Waals surface area contributed by atoms with Crippen LogP contribution in [-0.2, 0) is 4.74 Å². The van der Waals surface area contributed by atoms with Gasteiger partial charge in [-0.15, -0.1) is 11.3 Å². The maximum Gasteiger partial charge on any atom is 0.263 e. The molecule has 0 aliphatic carbocycles. The summed E-state index contributed by atoms with van der Waals surface area (Å²) in [6, 6.07) is 3.30. The smallest absolute Gasteiger partial charge is 0.263 e. The quantitative estimate of drug-likeness (QED) is 0.451. The molecule has 2 heterocycles. The fraction of sp³-hybridized carbons (Fsp3) is 0.545. The van der Waals surface area contributed by atoms with Crippen molar-refractivity contribution in [3.05, 3.63) is 22.4 Å². The van der Waals surface area contributed by atoms with Crippen LogP contribution in [0, 0.1) is 0 Å². The van der Waals surface area contributed by atoms with Gasteiger partial charge >= 0.3 is 0 Å². The molecule has 1 aromatic rings. The largest absolute Gasteiger partial charge is 0.394 e. The Kier molecular flexibility index (Phi) is 4.50. The molecule has 0 spiro atoms. The summed E-state index contributed by atoms with van der Waals surface area (Å²) in [7, 11) is 0. The molecule has 1 amide bonds. The summed E-state index contributed by atoms with van der Waals surface area (Å²) in [4.78, 5) is 12.2. The fourth-order valence-corrected chi connectivity index (χ4v) is 2.46. The number of aliphatic hydroxyl groups excluding tert-OH is 4. The van der Waals surface area contributed by atoms with Crippen LogP contribution in [0.25, 0.3) is 0 Å². The zero-order valence-corrected chi connectivity index (χ0v) is 10.7. The van der Waals surface area contributed by atoms with E-state index in [2.05, 4.69) is 5.32 Å². The van der Waals surface area contributed by atoms with Crippen molar-refractivity contribution in [1.29, 1.82) is 0 Å². The second kappa shape index (κ2) is 5.95. The number of ether oxygens (including phenoxy) is 1. The fourth-order valence-electron chi connectivity index (χ4n) is 1.83. The van der Waals surface area contributed by atoms with Crippen LogP contribution in [-0.4, -0.2) is 63.6 Å². The molecule has 8 heteroatoms. The number of hydrogen-bond donors (Lipinski definition) is 5. The third-order valence-electron chi connectivity index (χ3n) is 2.91. The molecule has 1 aromatic heterocycles. The summed E-state index contributed by atoms with van der Waals surface area (Å²) in [5.41, 5.74) is 0. The summed E-state index contributed by atoms with van der Waals surface area (Å²) in [5.74, 6) is -0.459. The Morgan fingerprint density at radius 2 is 2.05 bits per heavy atom. The second-order valence-corrected chi connectivity index (χ2v) is 5.15. The van der Waals surface area contributed by atoms with E-state index in [0.717, 1.165) is 0 Å². The lowest BCUT2D eigenvalue weighted by molar-refractivity contribution is -0.233. The Morgan fingerprint density at radius 3 is 2.63 bits per heavy atom. The van der Waals surface area contributed by atoms with Crippen LogP contribution in [0.2, 0.25) is 0 Å². The Hall–Kier alpha value is -1.03. The minimum atomic E-state index is -1.50. The van der Waals surface area contributed by atoms with Crippen LogP contribution in [0.4, 0.5) is 0 Å². The zero-order chi connectivity index (χ0) is 14.0. The van der Waals surface area contributed by atoms with E-state index in [4.69, 9.17) is 9.84 Å². The topological polar surface area (TPSA) is 119 Å². The monoisotopic (exact) mass is 289 g/mol. The summed E-state index contributed by atoms with van der Waals surface area (Å²) < 4.78 is 5.16. The highest BCUT2D eigenvalue weighted by Crippen LogP contribution is 2.20. The second-order valence-electron chi connectivity index (χ2n) is 4.20.